The third-order valence-electron chi connectivity index (χ3n) is 2.82. The van der Waals surface area contributed by atoms with Crippen molar-refractivity contribution in [3.05, 3.63) is 24.3 Å². The average Bonchev–Trinajstić information content (AvgIpc) is 2.71. The van der Waals surface area contributed by atoms with Gasteiger partial charge in [0, 0.05) is 18.2 Å². The number of aliphatic carboxylic acids is 1. The molecule has 2 rings (SSSR count). The van der Waals surface area contributed by atoms with Crippen LogP contribution in [0.15, 0.2) is 24.3 Å². The number of imide groups is 1. The number of methoxy groups -OCH3 is 1. The number of anilines is 1. The maximum absolute atomic E-state index is 12.2. The first kappa shape index (κ1) is 14.4. The number of rotatable bonds is 5. The van der Waals surface area contributed by atoms with Crippen LogP contribution in [0.5, 0.6) is 5.75 Å². The smallest absolute Gasteiger partial charge is 0.247 e. The number of hydrogen-bond acceptors (Lipinski definition) is 6. The van der Waals surface area contributed by atoms with Crippen molar-refractivity contribution in [2.45, 2.75) is 11.7 Å². The molecule has 0 saturated carbocycles. The van der Waals surface area contributed by atoms with E-state index in [1.54, 1.807) is 24.3 Å². The van der Waals surface area contributed by atoms with Gasteiger partial charge in [-0.2, -0.15) is 0 Å². The second-order valence-electron chi connectivity index (χ2n) is 4.14. The molecule has 1 aliphatic heterocycles. The summed E-state index contributed by atoms with van der Waals surface area (Å²) in [6.07, 6.45) is -0.00596. The van der Waals surface area contributed by atoms with Crippen LogP contribution in [0.25, 0.3) is 0 Å². The molecule has 0 N–H and O–H groups in total. The lowest BCUT2D eigenvalue weighted by molar-refractivity contribution is -0.301. The number of nitrogens with zero attached hydrogens (tertiary/aromatic N) is 1. The molecule has 1 atom stereocenters. The molecule has 1 aromatic rings. The van der Waals surface area contributed by atoms with Gasteiger partial charge in [0.05, 0.1) is 24.0 Å². The number of carboxylic acids is 1. The number of carbonyl (C=O) groups excluding carboxylic acids is 3. The summed E-state index contributed by atoms with van der Waals surface area (Å²) in [5, 5.41) is 9.75. The highest BCUT2D eigenvalue weighted by atomic mass is 32.2. The Balaban J connectivity index is 2.17. The zero-order valence-corrected chi connectivity index (χ0v) is 11.5. The van der Waals surface area contributed by atoms with Gasteiger partial charge in [-0.15, -0.1) is 11.8 Å². The second-order valence-corrected chi connectivity index (χ2v) is 5.34. The van der Waals surface area contributed by atoms with Gasteiger partial charge in [-0.25, -0.2) is 4.90 Å². The summed E-state index contributed by atoms with van der Waals surface area (Å²) in [5.74, 6) is -1.78. The minimum Gasteiger partial charge on any atom is -0.549 e. The van der Waals surface area contributed by atoms with E-state index in [0.717, 1.165) is 16.7 Å². The van der Waals surface area contributed by atoms with Gasteiger partial charge in [0.1, 0.15) is 5.75 Å². The Morgan fingerprint density at radius 1 is 1.50 bits per heavy atom. The van der Waals surface area contributed by atoms with Gasteiger partial charge < -0.3 is 14.6 Å². The Labute approximate surface area is 119 Å². The first-order valence-corrected chi connectivity index (χ1v) is 6.90. The predicted molar refractivity (Wildman–Crippen MR) is 71.4 cm³/mol. The van der Waals surface area contributed by atoms with Gasteiger partial charge in [0.25, 0.3) is 0 Å². The molecule has 1 aromatic carbocycles. The minimum absolute atomic E-state index is 0.00596. The average molecular weight is 294 g/mol. The molecule has 106 valence electrons. The topological polar surface area (TPSA) is 86.7 Å². The van der Waals surface area contributed by atoms with E-state index in [1.807, 2.05) is 0 Å². The van der Waals surface area contributed by atoms with Crippen LogP contribution < -0.4 is 14.7 Å². The molecular formula is C13H12NO5S-. The van der Waals surface area contributed by atoms with E-state index in [2.05, 4.69) is 0 Å². The van der Waals surface area contributed by atoms with Crippen molar-refractivity contribution in [1.82, 2.24) is 0 Å². The van der Waals surface area contributed by atoms with Crippen molar-refractivity contribution in [1.29, 1.82) is 0 Å². The normalized spacial score (nSPS) is 18.4. The van der Waals surface area contributed by atoms with E-state index >= 15 is 0 Å². The molecule has 6 nitrogen and oxygen atoms in total. The van der Waals surface area contributed by atoms with Crippen LogP contribution in [0.1, 0.15) is 6.42 Å². The van der Waals surface area contributed by atoms with Crippen molar-refractivity contribution >= 4 is 35.2 Å². The Morgan fingerprint density at radius 3 is 2.90 bits per heavy atom. The number of carbonyl (C=O) groups is 3. The van der Waals surface area contributed by atoms with Gasteiger partial charge in [-0.05, 0) is 12.1 Å². The van der Waals surface area contributed by atoms with E-state index in [1.165, 1.54) is 7.11 Å². The molecule has 1 heterocycles. The fourth-order valence-corrected chi connectivity index (χ4v) is 2.77. The molecule has 2 amide bonds. The van der Waals surface area contributed by atoms with Gasteiger partial charge in [-0.3, -0.25) is 9.59 Å². The van der Waals surface area contributed by atoms with Crippen LogP contribution in [0, 0.1) is 0 Å². The summed E-state index contributed by atoms with van der Waals surface area (Å²) in [4.78, 5) is 35.6. The highest BCUT2D eigenvalue weighted by molar-refractivity contribution is 8.01. The van der Waals surface area contributed by atoms with Crippen molar-refractivity contribution < 1.29 is 24.2 Å². The first-order valence-electron chi connectivity index (χ1n) is 5.85. The SMILES string of the molecule is COc1cccc(N2C(=O)C[C@@H](SCC(=O)[O-])C2=O)c1. The number of carboxylic acid groups (broad SMARTS) is 1. The molecular weight excluding hydrogens is 282 g/mol. The number of ether oxygens (including phenoxy) is 1. The number of amides is 2. The number of thioether (sulfide) groups is 1. The summed E-state index contributed by atoms with van der Waals surface area (Å²) in [7, 11) is 1.49. The standard InChI is InChI=1S/C13H13NO5S/c1-19-9-4-2-3-8(5-9)14-11(15)6-10(13(14)18)20-7-12(16)17/h2-5,10H,6-7H2,1H3,(H,16,17)/p-1/t10-/m1/s1. The third-order valence-corrected chi connectivity index (χ3v) is 3.99. The minimum atomic E-state index is -1.25. The molecule has 0 bridgehead atoms. The van der Waals surface area contributed by atoms with E-state index in [0.29, 0.717) is 11.4 Å². The molecule has 7 heteroatoms. The number of hydrogen-bond donors (Lipinski definition) is 0. The molecule has 0 aromatic heterocycles. The Bertz CT molecular complexity index is 559. The molecule has 0 radical (unpaired) electrons. The quantitative estimate of drug-likeness (QED) is 0.700. The highest BCUT2D eigenvalue weighted by Gasteiger charge is 2.39. The van der Waals surface area contributed by atoms with Crippen molar-refractivity contribution in [3.8, 4) is 5.75 Å². The van der Waals surface area contributed by atoms with E-state index in [9.17, 15) is 19.5 Å². The molecule has 0 aliphatic carbocycles. The van der Waals surface area contributed by atoms with Crippen LogP contribution in [0.2, 0.25) is 0 Å². The van der Waals surface area contributed by atoms with E-state index < -0.39 is 17.1 Å². The predicted octanol–water partition coefficient (Wildman–Crippen LogP) is -0.190. The maximum Gasteiger partial charge on any atom is 0.247 e. The Hall–Kier alpha value is -2.02. The zero-order chi connectivity index (χ0) is 14.7. The summed E-state index contributed by atoms with van der Waals surface area (Å²) >= 11 is 0.907. The summed E-state index contributed by atoms with van der Waals surface area (Å²) in [6.45, 7) is 0. The second kappa shape index (κ2) is 5.96. The lowest BCUT2D eigenvalue weighted by atomic mass is 10.3. The van der Waals surface area contributed by atoms with Gasteiger partial charge in [0.2, 0.25) is 11.8 Å². The highest BCUT2D eigenvalue weighted by Crippen LogP contribution is 2.31. The molecule has 0 unspecified atom stereocenters. The Kier molecular flexibility index (Phi) is 4.29. The Morgan fingerprint density at radius 2 is 2.25 bits per heavy atom. The van der Waals surface area contributed by atoms with Crippen LogP contribution in [-0.4, -0.2) is 35.9 Å². The van der Waals surface area contributed by atoms with Crippen LogP contribution in [0.3, 0.4) is 0 Å². The summed E-state index contributed by atoms with van der Waals surface area (Å²) < 4.78 is 5.05. The third kappa shape index (κ3) is 2.93. The monoisotopic (exact) mass is 294 g/mol. The molecule has 1 aliphatic rings. The molecule has 20 heavy (non-hydrogen) atoms. The first-order chi connectivity index (χ1) is 9.52. The lowest BCUT2D eigenvalue weighted by Crippen LogP contribution is -2.32. The fraction of sp³-hybridized carbons (Fsp3) is 0.308. The van der Waals surface area contributed by atoms with Crippen LogP contribution in [-0.2, 0) is 14.4 Å². The molecule has 0 spiro atoms. The summed E-state index contributed by atoms with van der Waals surface area (Å²) in [6, 6.07) is 6.60. The van der Waals surface area contributed by atoms with Crippen molar-refractivity contribution in [3.63, 3.8) is 0 Å². The van der Waals surface area contributed by atoms with Gasteiger partial charge >= 0.3 is 0 Å². The zero-order valence-electron chi connectivity index (χ0n) is 10.7. The summed E-state index contributed by atoms with van der Waals surface area (Å²) in [5.41, 5.74) is 0.427. The molecule has 1 fully saturated rings. The number of benzene rings is 1. The van der Waals surface area contributed by atoms with Crippen LogP contribution in [0.4, 0.5) is 5.69 Å². The van der Waals surface area contributed by atoms with Gasteiger partial charge in [-0.1, -0.05) is 6.07 Å². The van der Waals surface area contributed by atoms with E-state index in [-0.39, 0.29) is 18.1 Å². The van der Waals surface area contributed by atoms with E-state index in [4.69, 9.17) is 4.74 Å². The van der Waals surface area contributed by atoms with Crippen molar-refractivity contribution in [2.24, 2.45) is 0 Å². The maximum atomic E-state index is 12.2. The van der Waals surface area contributed by atoms with Gasteiger partial charge in [0.15, 0.2) is 0 Å². The largest absolute Gasteiger partial charge is 0.549 e. The van der Waals surface area contributed by atoms with Crippen LogP contribution >= 0.6 is 11.8 Å². The van der Waals surface area contributed by atoms with Crippen molar-refractivity contribution in [2.75, 3.05) is 17.8 Å². The fourth-order valence-electron chi connectivity index (χ4n) is 1.92. The lowest BCUT2D eigenvalue weighted by Gasteiger charge is -2.15. The molecule has 1 saturated heterocycles.